The van der Waals surface area contributed by atoms with Gasteiger partial charge >= 0.3 is 12.1 Å². The molecule has 1 aliphatic rings. The fourth-order valence-corrected chi connectivity index (χ4v) is 3.98. The number of ether oxygens (including phenoxy) is 2. The van der Waals surface area contributed by atoms with E-state index in [1.165, 1.54) is 17.0 Å². The maximum absolute atomic E-state index is 13.5. The first-order chi connectivity index (χ1) is 16.2. The van der Waals surface area contributed by atoms with E-state index >= 15 is 0 Å². The number of amides is 1. The molecule has 1 aromatic heterocycles. The summed E-state index contributed by atoms with van der Waals surface area (Å²) >= 11 is 0. The lowest BCUT2D eigenvalue weighted by molar-refractivity contribution is -0.138. The lowest BCUT2D eigenvalue weighted by Gasteiger charge is -2.28. The van der Waals surface area contributed by atoms with Crippen LogP contribution in [0.1, 0.15) is 44.6 Å². The number of carbonyl (C=O) groups excluding carboxylic acids is 2. The summed E-state index contributed by atoms with van der Waals surface area (Å²) in [5, 5.41) is 4.44. The predicted molar refractivity (Wildman–Crippen MR) is 116 cm³/mol. The van der Waals surface area contributed by atoms with Crippen molar-refractivity contribution in [2.45, 2.75) is 26.1 Å². The number of hydrogen-bond acceptors (Lipinski definition) is 5. The van der Waals surface area contributed by atoms with Gasteiger partial charge in [0.15, 0.2) is 5.69 Å². The molecule has 0 N–H and O–H groups in total. The quantitative estimate of drug-likeness (QED) is 0.518. The Morgan fingerprint density at radius 2 is 1.79 bits per heavy atom. The first-order valence-corrected chi connectivity index (χ1v) is 10.6. The SMILES string of the molecule is CCOC(=O)c1nn(-c2ccc(OC)cc2)c2c1CN(C(=O)c1ccccc1C(F)(F)F)CC2. The van der Waals surface area contributed by atoms with Gasteiger partial charge in [-0.05, 0) is 43.3 Å². The zero-order chi connectivity index (χ0) is 24.5. The monoisotopic (exact) mass is 473 g/mol. The Morgan fingerprint density at radius 3 is 2.44 bits per heavy atom. The van der Waals surface area contributed by atoms with Gasteiger partial charge in [-0.3, -0.25) is 4.79 Å². The van der Waals surface area contributed by atoms with E-state index in [9.17, 15) is 22.8 Å². The Hall–Kier alpha value is -3.82. The van der Waals surface area contributed by atoms with Crippen molar-refractivity contribution in [2.75, 3.05) is 20.3 Å². The van der Waals surface area contributed by atoms with Gasteiger partial charge < -0.3 is 14.4 Å². The molecule has 0 spiro atoms. The summed E-state index contributed by atoms with van der Waals surface area (Å²) in [7, 11) is 1.55. The van der Waals surface area contributed by atoms with Crippen LogP contribution in [0.2, 0.25) is 0 Å². The predicted octanol–water partition coefficient (Wildman–Crippen LogP) is 4.27. The standard InChI is InChI=1S/C24H22F3N3O4/c1-3-34-23(32)21-18-14-29(22(31)17-6-4-5-7-19(17)24(25,26)27)13-12-20(18)30(28-21)15-8-10-16(33-2)11-9-15/h4-11H,3,12-14H2,1-2H3. The Morgan fingerprint density at radius 1 is 1.09 bits per heavy atom. The molecule has 3 aromatic rings. The van der Waals surface area contributed by atoms with Crippen LogP contribution in [0.5, 0.6) is 5.75 Å². The fraction of sp³-hybridized carbons (Fsp3) is 0.292. The number of alkyl halides is 3. The maximum Gasteiger partial charge on any atom is 0.417 e. The van der Waals surface area contributed by atoms with Crippen molar-refractivity contribution in [1.82, 2.24) is 14.7 Å². The van der Waals surface area contributed by atoms with Gasteiger partial charge in [0.1, 0.15) is 5.75 Å². The number of hydrogen-bond donors (Lipinski definition) is 0. The number of aromatic nitrogens is 2. The average molecular weight is 473 g/mol. The summed E-state index contributed by atoms with van der Waals surface area (Å²) < 4.78 is 52.3. The molecule has 2 heterocycles. The number of rotatable bonds is 5. The lowest BCUT2D eigenvalue weighted by atomic mass is 10.0. The molecule has 178 valence electrons. The molecule has 1 amide bonds. The second-order valence-electron chi connectivity index (χ2n) is 7.62. The first kappa shape index (κ1) is 23.3. The Kier molecular flexibility index (Phi) is 6.32. The highest BCUT2D eigenvalue weighted by atomic mass is 19.4. The summed E-state index contributed by atoms with van der Waals surface area (Å²) in [5.74, 6) is -0.767. The number of halogens is 3. The highest BCUT2D eigenvalue weighted by Crippen LogP contribution is 2.34. The van der Waals surface area contributed by atoms with Crippen molar-refractivity contribution in [2.24, 2.45) is 0 Å². The minimum absolute atomic E-state index is 0.0364. The average Bonchev–Trinajstić information content (AvgIpc) is 3.22. The topological polar surface area (TPSA) is 73.7 Å². The summed E-state index contributed by atoms with van der Waals surface area (Å²) in [4.78, 5) is 27.0. The maximum atomic E-state index is 13.5. The molecular weight excluding hydrogens is 451 g/mol. The minimum atomic E-state index is -4.66. The molecule has 0 aliphatic carbocycles. The summed E-state index contributed by atoms with van der Waals surface area (Å²) in [5.41, 5.74) is 0.438. The highest BCUT2D eigenvalue weighted by Gasteiger charge is 2.37. The summed E-state index contributed by atoms with van der Waals surface area (Å²) in [6, 6.07) is 11.7. The molecule has 0 unspecified atom stereocenters. The fourth-order valence-electron chi connectivity index (χ4n) is 3.98. The third kappa shape index (κ3) is 4.35. The number of carbonyl (C=O) groups is 2. The van der Waals surface area contributed by atoms with Gasteiger partial charge in [-0.15, -0.1) is 0 Å². The zero-order valence-electron chi connectivity index (χ0n) is 18.6. The molecule has 7 nitrogen and oxygen atoms in total. The van der Waals surface area contributed by atoms with Crippen LogP contribution in [0.4, 0.5) is 13.2 Å². The van der Waals surface area contributed by atoms with Gasteiger partial charge in [0.2, 0.25) is 0 Å². The van der Waals surface area contributed by atoms with Gasteiger partial charge in [0.25, 0.3) is 5.91 Å². The van der Waals surface area contributed by atoms with Crippen molar-refractivity contribution >= 4 is 11.9 Å². The molecule has 4 rings (SSSR count). The summed E-state index contributed by atoms with van der Waals surface area (Å²) in [6.45, 7) is 1.89. The van der Waals surface area contributed by atoms with E-state index in [-0.39, 0.29) is 25.4 Å². The molecule has 1 aliphatic heterocycles. The molecular formula is C24H22F3N3O4. The molecule has 34 heavy (non-hydrogen) atoms. The number of esters is 1. The molecule has 10 heteroatoms. The second kappa shape index (κ2) is 9.20. The van der Waals surface area contributed by atoms with E-state index in [2.05, 4.69) is 5.10 Å². The van der Waals surface area contributed by atoms with Crippen LogP contribution in [-0.4, -0.2) is 46.8 Å². The normalized spacial score (nSPS) is 13.4. The minimum Gasteiger partial charge on any atom is -0.497 e. The molecule has 2 aromatic carbocycles. The number of fused-ring (bicyclic) bond motifs is 1. The molecule has 0 fully saturated rings. The molecule has 0 saturated heterocycles. The summed E-state index contributed by atoms with van der Waals surface area (Å²) in [6.07, 6.45) is -4.36. The van der Waals surface area contributed by atoms with Crippen LogP contribution >= 0.6 is 0 Å². The Bertz CT molecular complexity index is 1220. The van der Waals surface area contributed by atoms with Crippen LogP contribution < -0.4 is 4.74 Å². The van der Waals surface area contributed by atoms with Gasteiger partial charge in [0, 0.05) is 18.5 Å². The van der Waals surface area contributed by atoms with E-state index in [0.717, 1.165) is 12.1 Å². The van der Waals surface area contributed by atoms with Crippen molar-refractivity contribution < 1.29 is 32.2 Å². The molecule has 0 atom stereocenters. The Labute approximate surface area is 193 Å². The smallest absolute Gasteiger partial charge is 0.417 e. The van der Waals surface area contributed by atoms with Crippen LogP contribution in [0.15, 0.2) is 48.5 Å². The molecule has 0 bridgehead atoms. The van der Waals surface area contributed by atoms with E-state index in [1.807, 2.05) is 0 Å². The van der Waals surface area contributed by atoms with Gasteiger partial charge in [-0.1, -0.05) is 12.1 Å². The lowest BCUT2D eigenvalue weighted by Crippen LogP contribution is -2.37. The van der Waals surface area contributed by atoms with Gasteiger partial charge in [-0.2, -0.15) is 18.3 Å². The van der Waals surface area contributed by atoms with Gasteiger partial charge in [-0.25, -0.2) is 9.48 Å². The highest BCUT2D eigenvalue weighted by molar-refractivity contribution is 5.96. The first-order valence-electron chi connectivity index (χ1n) is 10.6. The zero-order valence-corrected chi connectivity index (χ0v) is 18.6. The van der Waals surface area contributed by atoms with E-state index in [0.29, 0.717) is 29.1 Å². The molecule has 0 saturated carbocycles. The van der Waals surface area contributed by atoms with Gasteiger partial charge in [0.05, 0.1) is 42.8 Å². The van der Waals surface area contributed by atoms with Crippen molar-refractivity contribution in [1.29, 1.82) is 0 Å². The Balaban J connectivity index is 1.72. The van der Waals surface area contributed by atoms with Crippen molar-refractivity contribution in [3.8, 4) is 11.4 Å². The number of nitrogens with zero attached hydrogens (tertiary/aromatic N) is 3. The van der Waals surface area contributed by atoms with E-state index < -0.39 is 29.2 Å². The van der Waals surface area contributed by atoms with Crippen LogP contribution in [0.25, 0.3) is 5.69 Å². The number of benzene rings is 2. The van der Waals surface area contributed by atoms with Crippen LogP contribution in [0.3, 0.4) is 0 Å². The van der Waals surface area contributed by atoms with Crippen molar-refractivity contribution in [3.05, 3.63) is 76.6 Å². The van der Waals surface area contributed by atoms with E-state index in [1.54, 1.807) is 43.0 Å². The van der Waals surface area contributed by atoms with Crippen LogP contribution in [-0.2, 0) is 23.9 Å². The third-order valence-corrected chi connectivity index (χ3v) is 5.59. The van der Waals surface area contributed by atoms with E-state index in [4.69, 9.17) is 9.47 Å². The second-order valence-corrected chi connectivity index (χ2v) is 7.62. The van der Waals surface area contributed by atoms with Crippen LogP contribution in [0, 0.1) is 0 Å². The largest absolute Gasteiger partial charge is 0.497 e. The number of methoxy groups -OCH3 is 1. The van der Waals surface area contributed by atoms with Crippen molar-refractivity contribution in [3.63, 3.8) is 0 Å². The molecule has 0 radical (unpaired) electrons. The third-order valence-electron chi connectivity index (χ3n) is 5.59.